The molecule has 2 rings (SSSR count). The van der Waals surface area contributed by atoms with Crippen molar-refractivity contribution < 1.29 is 4.79 Å². The number of carbonyl (C=O) groups excluding carboxylic acids is 1. The lowest BCUT2D eigenvalue weighted by atomic mass is 9.98. The molecule has 0 bridgehead atoms. The van der Waals surface area contributed by atoms with Gasteiger partial charge in [-0.3, -0.25) is 4.79 Å². The molecule has 0 amide bonds. The lowest BCUT2D eigenvalue weighted by Gasteiger charge is -2.13. The highest BCUT2D eigenvalue weighted by Gasteiger charge is 2.16. The molecule has 0 unspecified atom stereocenters. The van der Waals surface area contributed by atoms with E-state index in [1.54, 1.807) is 13.8 Å². The molecule has 2 aromatic carbocycles. The molecule has 0 spiro atoms. The highest BCUT2D eigenvalue weighted by molar-refractivity contribution is 6.66. The van der Waals surface area contributed by atoms with Crippen molar-refractivity contribution in [2.24, 2.45) is 9.98 Å². The van der Waals surface area contributed by atoms with Crippen LogP contribution in [0.5, 0.6) is 0 Å². The molecule has 28 heavy (non-hydrogen) atoms. The second kappa shape index (κ2) is 9.09. The van der Waals surface area contributed by atoms with Gasteiger partial charge >= 0.3 is 0 Å². The lowest BCUT2D eigenvalue weighted by Crippen LogP contribution is -2.19. The van der Waals surface area contributed by atoms with E-state index in [1.165, 1.54) is 0 Å². The number of carbonyl (C=O) groups is 1. The fraction of sp³-hybridized carbons (Fsp3) is 0.400. The number of hydrogen-bond donors (Lipinski definition) is 0. The number of ketones is 1. The fourth-order valence-electron chi connectivity index (χ4n) is 3.30. The molecule has 0 fully saturated rings. The van der Waals surface area contributed by atoms with Crippen LogP contribution in [0.25, 0.3) is 0 Å². The summed E-state index contributed by atoms with van der Waals surface area (Å²) >= 11 is 0. The van der Waals surface area contributed by atoms with Crippen molar-refractivity contribution in [3.05, 3.63) is 58.7 Å². The second-order valence-corrected chi connectivity index (χ2v) is 8.06. The van der Waals surface area contributed by atoms with Crippen LogP contribution in [0.4, 0.5) is 11.4 Å². The number of hydrogen-bond acceptors (Lipinski definition) is 3. The van der Waals surface area contributed by atoms with E-state index in [1.807, 2.05) is 38.1 Å². The normalized spacial score (nSPS) is 12.8. The SMILES string of the molecule is C/C(=N/c1c(C)cccc1C(C)C)C(=O)/C(C)=N/c1c(C)cccc1C(C)C. The molecule has 0 saturated heterocycles. The van der Waals surface area contributed by atoms with Crippen LogP contribution in [0, 0.1) is 13.8 Å². The largest absolute Gasteiger partial charge is 0.286 e. The van der Waals surface area contributed by atoms with Crippen LogP contribution < -0.4 is 0 Å². The Balaban J connectivity index is 2.45. The zero-order valence-corrected chi connectivity index (χ0v) is 18.4. The summed E-state index contributed by atoms with van der Waals surface area (Å²) in [5.74, 6) is 0.574. The summed E-state index contributed by atoms with van der Waals surface area (Å²) in [5, 5.41) is 0. The van der Waals surface area contributed by atoms with E-state index >= 15 is 0 Å². The van der Waals surface area contributed by atoms with E-state index in [-0.39, 0.29) is 5.78 Å². The first-order valence-electron chi connectivity index (χ1n) is 9.97. The van der Waals surface area contributed by atoms with Crippen LogP contribution in [-0.2, 0) is 4.79 Å². The molecule has 0 atom stereocenters. The summed E-state index contributed by atoms with van der Waals surface area (Å²) in [6, 6.07) is 12.3. The van der Waals surface area contributed by atoms with E-state index in [4.69, 9.17) is 9.98 Å². The summed E-state index contributed by atoms with van der Waals surface area (Å²) in [4.78, 5) is 22.4. The highest BCUT2D eigenvalue weighted by atomic mass is 16.1. The van der Waals surface area contributed by atoms with E-state index < -0.39 is 0 Å². The number of rotatable bonds is 6. The molecular formula is C25H32N2O. The molecular weight excluding hydrogens is 344 g/mol. The number of Topliss-reactive ketones (excluding diaryl/α,β-unsaturated/α-hetero) is 1. The van der Waals surface area contributed by atoms with Gasteiger partial charge in [0, 0.05) is 0 Å². The average Bonchev–Trinajstić information content (AvgIpc) is 2.63. The Morgan fingerprint density at radius 3 is 1.39 bits per heavy atom. The molecule has 0 aromatic heterocycles. The van der Waals surface area contributed by atoms with Crippen LogP contribution in [0.15, 0.2) is 46.4 Å². The van der Waals surface area contributed by atoms with E-state index in [2.05, 4.69) is 39.8 Å². The minimum Gasteiger partial charge on any atom is -0.286 e. The maximum absolute atomic E-state index is 13.0. The average molecular weight is 377 g/mol. The summed E-state index contributed by atoms with van der Waals surface area (Å²) in [7, 11) is 0. The quantitative estimate of drug-likeness (QED) is 0.500. The monoisotopic (exact) mass is 376 g/mol. The molecule has 0 aliphatic carbocycles. The number of aryl methyl sites for hydroxylation is 2. The Bertz CT molecular complexity index is 858. The number of para-hydroxylation sites is 2. The molecule has 0 aliphatic rings. The van der Waals surface area contributed by atoms with Gasteiger partial charge < -0.3 is 0 Å². The van der Waals surface area contributed by atoms with Gasteiger partial charge in [0.05, 0.1) is 22.8 Å². The third-order valence-electron chi connectivity index (χ3n) is 5.00. The van der Waals surface area contributed by atoms with Crippen LogP contribution in [-0.4, -0.2) is 17.2 Å². The van der Waals surface area contributed by atoms with Crippen LogP contribution in [0.1, 0.15) is 75.6 Å². The Kier molecular flexibility index (Phi) is 7.06. The number of nitrogens with zero attached hydrogens (tertiary/aromatic N) is 2. The summed E-state index contributed by atoms with van der Waals surface area (Å²) in [6.07, 6.45) is 0. The third-order valence-corrected chi connectivity index (χ3v) is 5.00. The van der Waals surface area contributed by atoms with Crippen molar-refractivity contribution in [3.8, 4) is 0 Å². The molecule has 2 aromatic rings. The number of benzene rings is 2. The second-order valence-electron chi connectivity index (χ2n) is 8.06. The molecule has 0 aliphatic heterocycles. The van der Waals surface area contributed by atoms with Crippen molar-refractivity contribution in [1.29, 1.82) is 0 Å². The van der Waals surface area contributed by atoms with Gasteiger partial charge in [0.1, 0.15) is 0 Å². The maximum atomic E-state index is 13.0. The van der Waals surface area contributed by atoms with Gasteiger partial charge in [0.25, 0.3) is 0 Å². The van der Waals surface area contributed by atoms with Crippen molar-refractivity contribution in [3.63, 3.8) is 0 Å². The van der Waals surface area contributed by atoms with Crippen LogP contribution in [0.2, 0.25) is 0 Å². The molecule has 0 N–H and O–H groups in total. The summed E-state index contributed by atoms with van der Waals surface area (Å²) < 4.78 is 0. The third kappa shape index (κ3) is 4.83. The van der Waals surface area contributed by atoms with Crippen molar-refractivity contribution >= 4 is 28.6 Å². The first-order valence-corrected chi connectivity index (χ1v) is 9.97. The van der Waals surface area contributed by atoms with Crippen molar-refractivity contribution in [1.82, 2.24) is 0 Å². The molecule has 3 nitrogen and oxygen atoms in total. The van der Waals surface area contributed by atoms with Gasteiger partial charge in [-0.2, -0.15) is 0 Å². The fourth-order valence-corrected chi connectivity index (χ4v) is 3.30. The van der Waals surface area contributed by atoms with Gasteiger partial charge in [-0.15, -0.1) is 0 Å². The zero-order valence-electron chi connectivity index (χ0n) is 18.4. The van der Waals surface area contributed by atoms with Crippen LogP contribution >= 0.6 is 0 Å². The van der Waals surface area contributed by atoms with Gasteiger partial charge in [-0.1, -0.05) is 64.1 Å². The Morgan fingerprint density at radius 2 is 1.07 bits per heavy atom. The lowest BCUT2D eigenvalue weighted by molar-refractivity contribution is -0.107. The Morgan fingerprint density at radius 1 is 0.714 bits per heavy atom. The van der Waals surface area contributed by atoms with Gasteiger partial charge in [-0.25, -0.2) is 9.98 Å². The van der Waals surface area contributed by atoms with Crippen LogP contribution in [0.3, 0.4) is 0 Å². The Labute approximate surface area is 169 Å². The molecule has 0 saturated carbocycles. The smallest absolute Gasteiger partial charge is 0.220 e. The number of aliphatic imine (C=N–C) groups is 2. The predicted molar refractivity (Wildman–Crippen MR) is 121 cm³/mol. The van der Waals surface area contributed by atoms with Gasteiger partial charge in [0.2, 0.25) is 5.78 Å². The van der Waals surface area contributed by atoms with Crippen molar-refractivity contribution in [2.75, 3.05) is 0 Å². The molecule has 0 heterocycles. The predicted octanol–water partition coefficient (Wildman–Crippen LogP) is 7.00. The maximum Gasteiger partial charge on any atom is 0.220 e. The topological polar surface area (TPSA) is 41.8 Å². The molecule has 148 valence electrons. The molecule has 3 heteroatoms. The summed E-state index contributed by atoms with van der Waals surface area (Å²) in [5.41, 5.74) is 7.20. The zero-order chi connectivity index (χ0) is 21.0. The molecule has 0 radical (unpaired) electrons. The van der Waals surface area contributed by atoms with Gasteiger partial charge in [-0.05, 0) is 61.8 Å². The van der Waals surface area contributed by atoms with E-state index in [9.17, 15) is 4.79 Å². The first kappa shape index (κ1) is 21.7. The minimum absolute atomic E-state index is 0.115. The summed E-state index contributed by atoms with van der Waals surface area (Å²) in [6.45, 7) is 16.2. The standard InChI is InChI=1S/C25H32N2O/c1-15(2)21-13-9-11-17(5)23(21)26-19(7)25(28)20(8)27-24-18(6)12-10-14-22(24)16(3)4/h9-16H,1-8H3/b26-19-,27-20+. The van der Waals surface area contributed by atoms with E-state index in [0.29, 0.717) is 23.3 Å². The van der Waals surface area contributed by atoms with Gasteiger partial charge in [0.15, 0.2) is 0 Å². The van der Waals surface area contributed by atoms with Crippen molar-refractivity contribution in [2.45, 2.75) is 67.2 Å². The highest BCUT2D eigenvalue weighted by Crippen LogP contribution is 2.31. The minimum atomic E-state index is -0.115. The van der Waals surface area contributed by atoms with E-state index in [0.717, 1.165) is 33.6 Å². The Hall–Kier alpha value is -2.55. The first-order chi connectivity index (χ1) is 13.1.